The van der Waals surface area contributed by atoms with Crippen LogP contribution in [-0.4, -0.2) is 43.3 Å². The maximum atomic E-state index is 13.2. The molecule has 1 aliphatic heterocycles. The Morgan fingerprint density at radius 3 is 2.43 bits per heavy atom. The molecular formula is C21H24FN5O. The first-order valence-electron chi connectivity index (χ1n) is 9.63. The summed E-state index contributed by atoms with van der Waals surface area (Å²) in [5.41, 5.74) is 1.98. The number of halogens is 1. The molecule has 0 unspecified atom stereocenters. The molecule has 4 rings (SSSR count). The van der Waals surface area contributed by atoms with Gasteiger partial charge in [0.1, 0.15) is 11.6 Å². The van der Waals surface area contributed by atoms with Gasteiger partial charge in [-0.05, 0) is 77.7 Å². The largest absolute Gasteiger partial charge is 0.508 e. The third kappa shape index (κ3) is 4.04. The number of hydrogen-bond acceptors (Lipinski definition) is 5. The molecule has 0 saturated carbocycles. The van der Waals surface area contributed by atoms with Crippen molar-refractivity contribution in [2.75, 3.05) is 13.1 Å². The molecule has 1 fully saturated rings. The fourth-order valence-electron chi connectivity index (χ4n) is 3.75. The first-order chi connectivity index (χ1) is 13.6. The summed E-state index contributed by atoms with van der Waals surface area (Å²) in [7, 11) is 0. The summed E-state index contributed by atoms with van der Waals surface area (Å²) in [6.45, 7) is 4.69. The maximum Gasteiger partial charge on any atom is 0.173 e. The molecule has 3 aromatic rings. The smallest absolute Gasteiger partial charge is 0.173 e. The number of phenolic OH excluding ortho intramolecular Hbond substituents is 1. The maximum absolute atomic E-state index is 13.2. The highest BCUT2D eigenvalue weighted by molar-refractivity contribution is 5.31. The Labute approximate surface area is 163 Å². The average Bonchev–Trinajstić information content (AvgIpc) is 3.14. The van der Waals surface area contributed by atoms with Gasteiger partial charge in [-0.1, -0.05) is 31.2 Å². The van der Waals surface area contributed by atoms with Crippen LogP contribution in [0.2, 0.25) is 0 Å². The van der Waals surface area contributed by atoms with E-state index in [0.29, 0.717) is 12.5 Å². The molecule has 1 atom stereocenters. The van der Waals surface area contributed by atoms with E-state index in [-0.39, 0.29) is 17.6 Å². The number of aromatic nitrogens is 4. The molecule has 1 saturated heterocycles. The van der Waals surface area contributed by atoms with Crippen molar-refractivity contribution in [3.05, 3.63) is 71.3 Å². The van der Waals surface area contributed by atoms with Gasteiger partial charge in [0.05, 0.1) is 12.6 Å². The third-order valence-corrected chi connectivity index (χ3v) is 5.44. The molecule has 7 heteroatoms. The average molecular weight is 381 g/mol. The lowest BCUT2D eigenvalue weighted by Crippen LogP contribution is -2.38. The summed E-state index contributed by atoms with van der Waals surface area (Å²) < 4.78 is 15.0. The molecule has 146 valence electrons. The van der Waals surface area contributed by atoms with E-state index in [1.807, 2.05) is 12.1 Å². The van der Waals surface area contributed by atoms with E-state index >= 15 is 0 Å². The molecule has 28 heavy (non-hydrogen) atoms. The van der Waals surface area contributed by atoms with Gasteiger partial charge in [0.2, 0.25) is 0 Å². The lowest BCUT2D eigenvalue weighted by Gasteiger charge is -2.36. The minimum atomic E-state index is -0.259. The van der Waals surface area contributed by atoms with Crippen molar-refractivity contribution >= 4 is 0 Å². The van der Waals surface area contributed by atoms with Gasteiger partial charge < -0.3 is 5.11 Å². The van der Waals surface area contributed by atoms with Crippen molar-refractivity contribution in [2.45, 2.75) is 32.4 Å². The highest BCUT2D eigenvalue weighted by Crippen LogP contribution is 2.32. The number of nitrogens with zero attached hydrogens (tertiary/aromatic N) is 5. The molecule has 0 amide bonds. The predicted octanol–water partition coefficient (Wildman–Crippen LogP) is 3.39. The summed E-state index contributed by atoms with van der Waals surface area (Å²) >= 11 is 0. The van der Waals surface area contributed by atoms with Gasteiger partial charge in [0.15, 0.2) is 5.82 Å². The second kappa shape index (κ2) is 8.06. The summed E-state index contributed by atoms with van der Waals surface area (Å²) in [5.74, 6) is 1.45. The zero-order valence-electron chi connectivity index (χ0n) is 15.9. The van der Waals surface area contributed by atoms with E-state index in [1.54, 1.807) is 28.9 Å². The molecule has 1 aromatic heterocycles. The van der Waals surface area contributed by atoms with E-state index in [9.17, 15) is 9.50 Å². The minimum absolute atomic E-state index is 0.0939. The number of tetrazole rings is 1. The molecule has 1 N–H and O–H groups in total. The fraction of sp³-hybridized carbons (Fsp3) is 0.381. The zero-order chi connectivity index (χ0) is 19.5. The van der Waals surface area contributed by atoms with Crippen molar-refractivity contribution in [1.82, 2.24) is 25.1 Å². The first kappa shape index (κ1) is 18.6. The predicted molar refractivity (Wildman–Crippen MR) is 103 cm³/mol. The van der Waals surface area contributed by atoms with E-state index in [4.69, 9.17) is 0 Å². The normalized spacial score (nSPS) is 16.9. The molecule has 0 spiro atoms. The van der Waals surface area contributed by atoms with Crippen LogP contribution in [0.4, 0.5) is 4.39 Å². The second-order valence-corrected chi connectivity index (χ2v) is 7.53. The summed E-state index contributed by atoms with van der Waals surface area (Å²) in [4.78, 5) is 2.40. The number of aromatic hydroxyl groups is 1. The van der Waals surface area contributed by atoms with E-state index in [1.165, 1.54) is 12.1 Å². The van der Waals surface area contributed by atoms with Crippen LogP contribution in [0.3, 0.4) is 0 Å². The van der Waals surface area contributed by atoms with Gasteiger partial charge in [-0.3, -0.25) is 4.90 Å². The Morgan fingerprint density at radius 2 is 1.75 bits per heavy atom. The SMILES string of the molecule is CC1CCN([C@H](c2ccc(O)cc2)c2nnnn2Cc2ccc(F)cc2)CC1. The number of rotatable bonds is 5. The van der Waals surface area contributed by atoms with Crippen LogP contribution in [0.15, 0.2) is 48.5 Å². The third-order valence-electron chi connectivity index (χ3n) is 5.44. The quantitative estimate of drug-likeness (QED) is 0.734. The van der Waals surface area contributed by atoms with Gasteiger partial charge in [-0.25, -0.2) is 9.07 Å². The Kier molecular flexibility index (Phi) is 5.34. The summed E-state index contributed by atoms with van der Waals surface area (Å²) in [6.07, 6.45) is 2.27. The second-order valence-electron chi connectivity index (χ2n) is 7.53. The number of benzene rings is 2. The van der Waals surface area contributed by atoms with Crippen LogP contribution in [0.25, 0.3) is 0 Å². The number of hydrogen-bond donors (Lipinski definition) is 1. The van der Waals surface area contributed by atoms with Crippen LogP contribution in [0, 0.1) is 11.7 Å². The fourth-order valence-corrected chi connectivity index (χ4v) is 3.75. The molecule has 6 nitrogen and oxygen atoms in total. The molecule has 2 heterocycles. The molecule has 2 aromatic carbocycles. The molecule has 0 bridgehead atoms. The lowest BCUT2D eigenvalue weighted by molar-refractivity contribution is 0.150. The van der Waals surface area contributed by atoms with Gasteiger partial charge in [-0.2, -0.15) is 0 Å². The van der Waals surface area contributed by atoms with Gasteiger partial charge in [0.25, 0.3) is 0 Å². The van der Waals surface area contributed by atoms with Crippen molar-refractivity contribution in [3.8, 4) is 5.75 Å². The lowest BCUT2D eigenvalue weighted by atomic mass is 9.95. The Balaban J connectivity index is 1.67. The van der Waals surface area contributed by atoms with Crippen LogP contribution in [0.1, 0.15) is 42.8 Å². The van der Waals surface area contributed by atoms with E-state index in [2.05, 4.69) is 27.3 Å². The zero-order valence-corrected chi connectivity index (χ0v) is 15.9. The topological polar surface area (TPSA) is 67.1 Å². The van der Waals surface area contributed by atoms with E-state index in [0.717, 1.165) is 42.9 Å². The highest BCUT2D eigenvalue weighted by Gasteiger charge is 2.30. The summed E-state index contributed by atoms with van der Waals surface area (Å²) in [5, 5.41) is 22.2. The number of phenols is 1. The van der Waals surface area contributed by atoms with Crippen molar-refractivity contribution < 1.29 is 9.50 Å². The molecule has 1 aliphatic rings. The van der Waals surface area contributed by atoms with Crippen molar-refractivity contribution in [1.29, 1.82) is 0 Å². The molecular weight excluding hydrogens is 357 g/mol. The number of piperidine rings is 1. The summed E-state index contributed by atoms with van der Waals surface area (Å²) in [6, 6.07) is 13.5. The Bertz CT molecular complexity index is 901. The van der Waals surface area contributed by atoms with Crippen molar-refractivity contribution in [3.63, 3.8) is 0 Å². The van der Waals surface area contributed by atoms with Gasteiger partial charge in [-0.15, -0.1) is 5.10 Å². The van der Waals surface area contributed by atoms with Crippen molar-refractivity contribution in [2.24, 2.45) is 5.92 Å². The minimum Gasteiger partial charge on any atom is -0.508 e. The van der Waals surface area contributed by atoms with Crippen LogP contribution in [-0.2, 0) is 6.54 Å². The Morgan fingerprint density at radius 1 is 1.07 bits per heavy atom. The first-order valence-corrected chi connectivity index (χ1v) is 9.63. The van der Waals surface area contributed by atoms with Crippen LogP contribution in [0.5, 0.6) is 5.75 Å². The Hall–Kier alpha value is -2.80. The highest BCUT2D eigenvalue weighted by atomic mass is 19.1. The van der Waals surface area contributed by atoms with E-state index < -0.39 is 0 Å². The molecule has 0 radical (unpaired) electrons. The van der Waals surface area contributed by atoms with Crippen LogP contribution >= 0.6 is 0 Å². The van der Waals surface area contributed by atoms with Gasteiger partial charge >= 0.3 is 0 Å². The molecule has 0 aliphatic carbocycles. The number of likely N-dealkylation sites (tertiary alicyclic amines) is 1. The van der Waals surface area contributed by atoms with Crippen LogP contribution < -0.4 is 0 Å². The van der Waals surface area contributed by atoms with Gasteiger partial charge in [0, 0.05) is 0 Å². The monoisotopic (exact) mass is 381 g/mol. The standard InChI is InChI=1S/C21H24FN5O/c1-15-10-12-26(13-11-15)20(17-4-8-19(28)9-5-17)21-23-24-25-27(21)14-16-2-6-18(22)7-3-16/h2-9,15,20,28H,10-14H2,1H3/t20-/m1/s1.